The summed E-state index contributed by atoms with van der Waals surface area (Å²) in [6.07, 6.45) is 1.14. The maximum Gasteiger partial charge on any atom is 0.182 e. The first kappa shape index (κ1) is 15.4. The average Bonchev–Trinajstić information content (AvgIpc) is 2.42. The largest absolute Gasteiger partial charge is 0.393 e. The Kier molecular flexibility index (Phi) is 6.21. The lowest BCUT2D eigenvalue weighted by molar-refractivity contribution is 0.0759. The molecule has 6 heteroatoms. The van der Waals surface area contributed by atoms with Gasteiger partial charge >= 0.3 is 0 Å². The number of rotatable bonds is 7. The maximum atomic E-state index is 13.8. The van der Waals surface area contributed by atoms with Crippen molar-refractivity contribution in [3.05, 3.63) is 29.3 Å². The van der Waals surface area contributed by atoms with Gasteiger partial charge in [0.05, 0.1) is 18.5 Å². The van der Waals surface area contributed by atoms with Crippen LogP contribution >= 0.6 is 0 Å². The molecule has 106 valence electrons. The molecule has 0 saturated heterocycles. The average molecular weight is 272 g/mol. The Bertz CT molecular complexity index is 439. The van der Waals surface area contributed by atoms with E-state index in [1.54, 1.807) is 11.9 Å². The number of halogens is 2. The third-order valence-electron chi connectivity index (χ3n) is 2.62. The molecule has 0 aliphatic carbocycles. The Morgan fingerprint density at radius 2 is 2.00 bits per heavy atom. The predicted molar refractivity (Wildman–Crippen MR) is 70.7 cm³/mol. The highest BCUT2D eigenvalue weighted by Gasteiger charge is 2.14. The Balaban J connectivity index is 2.79. The van der Waals surface area contributed by atoms with Crippen molar-refractivity contribution in [3.63, 3.8) is 0 Å². The molecule has 19 heavy (non-hydrogen) atoms. The highest BCUT2D eigenvalue weighted by atomic mass is 19.2. The first-order chi connectivity index (χ1) is 9.11. The summed E-state index contributed by atoms with van der Waals surface area (Å²) in [5.41, 5.74) is 0.264. The SMILES string of the molecule is CCN(C)c1ccc(/C=N/OCCOC)c(F)c1F. The zero-order valence-electron chi connectivity index (χ0n) is 11.3. The lowest BCUT2D eigenvalue weighted by Crippen LogP contribution is -2.18. The monoisotopic (exact) mass is 272 g/mol. The van der Waals surface area contributed by atoms with Gasteiger partial charge in [-0.25, -0.2) is 8.78 Å². The summed E-state index contributed by atoms with van der Waals surface area (Å²) in [5.74, 6) is -1.82. The summed E-state index contributed by atoms with van der Waals surface area (Å²) < 4.78 is 32.3. The number of hydrogen-bond acceptors (Lipinski definition) is 4. The quantitative estimate of drug-likeness (QED) is 0.434. The van der Waals surface area contributed by atoms with Gasteiger partial charge < -0.3 is 14.5 Å². The van der Waals surface area contributed by atoms with Gasteiger partial charge in [0.2, 0.25) is 0 Å². The molecule has 0 saturated carbocycles. The number of anilines is 1. The molecule has 4 nitrogen and oxygen atoms in total. The van der Waals surface area contributed by atoms with Gasteiger partial charge in [0.25, 0.3) is 0 Å². The summed E-state index contributed by atoms with van der Waals surface area (Å²) in [6.45, 7) is 3.09. The molecule has 0 spiro atoms. The van der Waals surface area contributed by atoms with Crippen LogP contribution in [0.1, 0.15) is 12.5 Å². The number of hydrogen-bond donors (Lipinski definition) is 0. The molecule has 0 unspecified atom stereocenters. The van der Waals surface area contributed by atoms with Crippen LogP contribution in [0.4, 0.5) is 14.5 Å². The lowest BCUT2D eigenvalue weighted by atomic mass is 10.2. The van der Waals surface area contributed by atoms with Gasteiger partial charge in [-0.2, -0.15) is 0 Å². The molecule has 0 fully saturated rings. The van der Waals surface area contributed by atoms with Crippen molar-refractivity contribution in [1.29, 1.82) is 0 Å². The minimum absolute atomic E-state index is 0.0446. The second kappa shape index (κ2) is 7.68. The first-order valence-corrected chi connectivity index (χ1v) is 5.95. The van der Waals surface area contributed by atoms with E-state index < -0.39 is 11.6 Å². The van der Waals surface area contributed by atoms with Crippen LogP contribution in [0.25, 0.3) is 0 Å². The normalized spacial score (nSPS) is 11.0. The Morgan fingerprint density at radius 3 is 2.63 bits per heavy atom. The zero-order chi connectivity index (χ0) is 14.3. The summed E-state index contributed by atoms with van der Waals surface area (Å²) in [6, 6.07) is 2.97. The highest BCUT2D eigenvalue weighted by Crippen LogP contribution is 2.22. The van der Waals surface area contributed by atoms with Crippen molar-refractivity contribution in [3.8, 4) is 0 Å². The van der Waals surface area contributed by atoms with Crippen LogP contribution < -0.4 is 4.90 Å². The smallest absolute Gasteiger partial charge is 0.182 e. The van der Waals surface area contributed by atoms with E-state index in [4.69, 9.17) is 9.57 Å². The molecule has 0 bridgehead atoms. The molecule has 1 aromatic rings. The van der Waals surface area contributed by atoms with Crippen LogP contribution in [0.2, 0.25) is 0 Å². The van der Waals surface area contributed by atoms with E-state index in [9.17, 15) is 8.78 Å². The third kappa shape index (κ3) is 4.17. The minimum Gasteiger partial charge on any atom is -0.393 e. The van der Waals surface area contributed by atoms with Crippen LogP contribution in [0.5, 0.6) is 0 Å². The first-order valence-electron chi connectivity index (χ1n) is 5.95. The van der Waals surface area contributed by atoms with Gasteiger partial charge in [0, 0.05) is 26.3 Å². The number of oxime groups is 1. The van der Waals surface area contributed by atoms with Gasteiger partial charge in [-0.3, -0.25) is 0 Å². The standard InChI is InChI=1S/C13H18F2N2O2/c1-4-17(2)11-6-5-10(12(14)13(11)15)9-16-19-8-7-18-3/h5-6,9H,4,7-8H2,1-3H3/b16-9+. The Morgan fingerprint density at radius 1 is 1.26 bits per heavy atom. The van der Waals surface area contributed by atoms with Crippen LogP contribution in [0.15, 0.2) is 17.3 Å². The molecule has 0 aromatic heterocycles. The molecule has 0 aliphatic heterocycles. The van der Waals surface area contributed by atoms with E-state index in [2.05, 4.69) is 5.16 Å². The van der Waals surface area contributed by atoms with E-state index in [0.29, 0.717) is 13.2 Å². The third-order valence-corrected chi connectivity index (χ3v) is 2.62. The van der Waals surface area contributed by atoms with E-state index in [-0.39, 0.29) is 17.9 Å². The fourth-order valence-corrected chi connectivity index (χ4v) is 1.39. The van der Waals surface area contributed by atoms with Crippen molar-refractivity contribution in [2.45, 2.75) is 6.92 Å². The van der Waals surface area contributed by atoms with Crippen molar-refractivity contribution in [2.24, 2.45) is 5.16 Å². The molecule has 0 N–H and O–H groups in total. The van der Waals surface area contributed by atoms with Crippen molar-refractivity contribution in [1.82, 2.24) is 0 Å². The molecule has 1 rings (SSSR count). The van der Waals surface area contributed by atoms with Gasteiger partial charge in [-0.15, -0.1) is 0 Å². The van der Waals surface area contributed by atoms with E-state index in [1.165, 1.54) is 19.2 Å². The van der Waals surface area contributed by atoms with E-state index in [1.807, 2.05) is 6.92 Å². The van der Waals surface area contributed by atoms with Gasteiger partial charge in [-0.1, -0.05) is 5.16 Å². The lowest BCUT2D eigenvalue weighted by Gasteiger charge is -2.18. The molecule has 0 heterocycles. The number of methoxy groups -OCH3 is 1. The predicted octanol–water partition coefficient (Wildman–Crippen LogP) is 2.42. The van der Waals surface area contributed by atoms with Crippen LogP contribution in [0, 0.1) is 11.6 Å². The second-order valence-corrected chi connectivity index (χ2v) is 3.88. The van der Waals surface area contributed by atoms with Gasteiger partial charge in [0.15, 0.2) is 11.6 Å². The summed E-state index contributed by atoms with van der Waals surface area (Å²) in [4.78, 5) is 6.44. The molecular weight excluding hydrogens is 254 g/mol. The highest BCUT2D eigenvalue weighted by molar-refractivity contribution is 5.80. The second-order valence-electron chi connectivity index (χ2n) is 3.88. The van der Waals surface area contributed by atoms with Gasteiger partial charge in [0.1, 0.15) is 6.61 Å². The zero-order valence-corrected chi connectivity index (χ0v) is 11.3. The van der Waals surface area contributed by atoms with Crippen molar-refractivity contribution >= 4 is 11.9 Å². The summed E-state index contributed by atoms with van der Waals surface area (Å²) in [5, 5.41) is 3.55. The number of ether oxygens (including phenoxy) is 1. The Labute approximate surface area is 111 Å². The van der Waals surface area contributed by atoms with Crippen LogP contribution in [-0.4, -0.2) is 40.1 Å². The molecule has 1 aromatic carbocycles. The maximum absolute atomic E-state index is 13.8. The molecular formula is C13H18F2N2O2. The summed E-state index contributed by atoms with van der Waals surface area (Å²) in [7, 11) is 3.23. The van der Waals surface area contributed by atoms with Crippen LogP contribution in [0.3, 0.4) is 0 Å². The van der Waals surface area contributed by atoms with Gasteiger partial charge in [-0.05, 0) is 19.1 Å². The van der Waals surface area contributed by atoms with Crippen LogP contribution in [-0.2, 0) is 9.57 Å². The molecule has 0 aliphatic rings. The summed E-state index contributed by atoms with van der Waals surface area (Å²) >= 11 is 0. The minimum atomic E-state index is -0.933. The molecule has 0 radical (unpaired) electrons. The molecule has 0 atom stereocenters. The fraction of sp³-hybridized carbons (Fsp3) is 0.462. The fourth-order valence-electron chi connectivity index (χ4n) is 1.39. The van der Waals surface area contributed by atoms with Crippen molar-refractivity contribution in [2.75, 3.05) is 38.8 Å². The number of benzene rings is 1. The van der Waals surface area contributed by atoms with Crippen molar-refractivity contribution < 1.29 is 18.4 Å². The van der Waals surface area contributed by atoms with E-state index in [0.717, 1.165) is 6.21 Å². The van der Waals surface area contributed by atoms with E-state index >= 15 is 0 Å². The Hall–Kier alpha value is -1.69. The topological polar surface area (TPSA) is 34.1 Å². The number of nitrogens with zero attached hydrogens (tertiary/aromatic N) is 2. The molecule has 0 amide bonds.